The van der Waals surface area contributed by atoms with Crippen molar-refractivity contribution in [3.05, 3.63) is 58.7 Å². The van der Waals surface area contributed by atoms with E-state index in [1.165, 1.54) is 16.9 Å². The van der Waals surface area contributed by atoms with Gasteiger partial charge >= 0.3 is 0 Å². The number of pyridine rings is 1. The third-order valence-corrected chi connectivity index (χ3v) is 4.37. The van der Waals surface area contributed by atoms with Crippen molar-refractivity contribution in [1.82, 2.24) is 15.2 Å². The summed E-state index contributed by atoms with van der Waals surface area (Å²) >= 11 is 4.99. The molecule has 1 atom stereocenters. The van der Waals surface area contributed by atoms with Crippen LogP contribution in [-0.2, 0) is 0 Å². The number of nitrogens with one attached hydrogen (secondary N) is 1. The van der Waals surface area contributed by atoms with E-state index in [9.17, 15) is 0 Å². The molecule has 106 valence electrons. The van der Waals surface area contributed by atoms with Crippen molar-refractivity contribution < 1.29 is 0 Å². The quantitative estimate of drug-likeness (QED) is 0.742. The summed E-state index contributed by atoms with van der Waals surface area (Å²) in [4.78, 5) is 4.29. The van der Waals surface area contributed by atoms with E-state index in [1.54, 1.807) is 6.20 Å². The normalized spacial score (nSPS) is 12.1. The van der Waals surface area contributed by atoms with Crippen molar-refractivity contribution in [3.8, 4) is 10.7 Å². The van der Waals surface area contributed by atoms with E-state index in [0.717, 1.165) is 20.3 Å². The molecule has 0 spiro atoms. The van der Waals surface area contributed by atoms with E-state index in [-0.39, 0.29) is 6.04 Å². The highest BCUT2D eigenvalue weighted by Gasteiger charge is 2.11. The van der Waals surface area contributed by atoms with Crippen molar-refractivity contribution in [2.75, 3.05) is 5.32 Å². The van der Waals surface area contributed by atoms with Gasteiger partial charge in [0.05, 0.1) is 6.04 Å². The second-order valence-electron chi connectivity index (χ2n) is 4.55. The second kappa shape index (κ2) is 6.32. The Balaban J connectivity index is 1.75. The summed E-state index contributed by atoms with van der Waals surface area (Å²) in [6.45, 7) is 2.10. The Morgan fingerprint density at radius 2 is 2.05 bits per heavy atom. The SMILES string of the molecule is CC(Nc1nnc(-c2ccccn2)s1)c1cccc(Br)c1. The first kappa shape index (κ1) is 14.2. The molecule has 3 aromatic rings. The Morgan fingerprint density at radius 3 is 2.81 bits per heavy atom. The Hall–Kier alpha value is -1.79. The van der Waals surface area contributed by atoms with Crippen molar-refractivity contribution in [2.24, 2.45) is 0 Å². The second-order valence-corrected chi connectivity index (χ2v) is 6.44. The molecule has 6 heteroatoms. The van der Waals surface area contributed by atoms with Crippen LogP contribution < -0.4 is 5.32 Å². The zero-order chi connectivity index (χ0) is 14.7. The molecule has 0 aliphatic rings. The topological polar surface area (TPSA) is 50.7 Å². The summed E-state index contributed by atoms with van der Waals surface area (Å²) in [5, 5.41) is 13.4. The summed E-state index contributed by atoms with van der Waals surface area (Å²) in [7, 11) is 0. The Kier molecular flexibility index (Phi) is 4.26. The minimum Gasteiger partial charge on any atom is -0.354 e. The number of halogens is 1. The lowest BCUT2D eigenvalue weighted by atomic mass is 10.1. The van der Waals surface area contributed by atoms with Gasteiger partial charge in [0.1, 0.15) is 5.69 Å². The Morgan fingerprint density at radius 1 is 1.14 bits per heavy atom. The molecule has 0 fully saturated rings. The fourth-order valence-corrected chi connectivity index (χ4v) is 3.14. The van der Waals surface area contributed by atoms with E-state index in [4.69, 9.17) is 0 Å². The van der Waals surface area contributed by atoms with Gasteiger partial charge in [-0.05, 0) is 36.8 Å². The van der Waals surface area contributed by atoms with Crippen molar-refractivity contribution >= 4 is 32.4 Å². The monoisotopic (exact) mass is 360 g/mol. The van der Waals surface area contributed by atoms with E-state index in [1.807, 2.05) is 30.3 Å². The van der Waals surface area contributed by atoms with Crippen molar-refractivity contribution in [2.45, 2.75) is 13.0 Å². The molecule has 0 bridgehead atoms. The molecule has 1 aromatic carbocycles. The molecular formula is C15H13BrN4S. The summed E-state index contributed by atoms with van der Waals surface area (Å²) in [6, 6.07) is 14.1. The lowest BCUT2D eigenvalue weighted by Crippen LogP contribution is -2.06. The maximum Gasteiger partial charge on any atom is 0.206 e. The van der Waals surface area contributed by atoms with Gasteiger partial charge in [0.25, 0.3) is 0 Å². The number of nitrogens with zero attached hydrogens (tertiary/aromatic N) is 3. The molecule has 0 radical (unpaired) electrons. The third-order valence-electron chi connectivity index (χ3n) is 3.00. The van der Waals surface area contributed by atoms with Gasteiger partial charge in [-0.3, -0.25) is 4.98 Å². The van der Waals surface area contributed by atoms with E-state index < -0.39 is 0 Å². The highest BCUT2D eigenvalue weighted by atomic mass is 79.9. The highest BCUT2D eigenvalue weighted by molar-refractivity contribution is 9.10. The molecule has 1 unspecified atom stereocenters. The molecular weight excluding hydrogens is 348 g/mol. The van der Waals surface area contributed by atoms with Crippen LogP contribution >= 0.6 is 27.3 Å². The molecule has 1 N–H and O–H groups in total. The number of benzene rings is 1. The maximum atomic E-state index is 4.29. The average molecular weight is 361 g/mol. The van der Waals surface area contributed by atoms with E-state index in [0.29, 0.717) is 0 Å². The summed E-state index contributed by atoms with van der Waals surface area (Å²) < 4.78 is 1.07. The van der Waals surface area contributed by atoms with Crippen LogP contribution in [0.5, 0.6) is 0 Å². The predicted molar refractivity (Wildman–Crippen MR) is 89.3 cm³/mol. The number of aromatic nitrogens is 3. The zero-order valence-corrected chi connectivity index (χ0v) is 13.7. The minimum absolute atomic E-state index is 0.159. The molecule has 0 amide bonds. The molecule has 4 nitrogen and oxygen atoms in total. The van der Waals surface area contributed by atoms with Gasteiger partial charge in [0.15, 0.2) is 5.01 Å². The highest BCUT2D eigenvalue weighted by Crippen LogP contribution is 2.28. The van der Waals surface area contributed by atoms with Gasteiger partial charge in [-0.15, -0.1) is 10.2 Å². The van der Waals surface area contributed by atoms with Crippen LogP contribution in [0, 0.1) is 0 Å². The van der Waals surface area contributed by atoms with Crippen LogP contribution in [0.25, 0.3) is 10.7 Å². The smallest absolute Gasteiger partial charge is 0.206 e. The lowest BCUT2D eigenvalue weighted by Gasteiger charge is -2.12. The standard InChI is InChI=1S/C15H13BrN4S/c1-10(11-5-4-6-12(16)9-11)18-15-20-19-14(21-15)13-7-2-3-8-17-13/h2-10H,1H3,(H,18,20). The predicted octanol–water partition coefficient (Wildman–Crippen LogP) is 4.54. The van der Waals surface area contributed by atoms with Gasteiger partial charge in [-0.1, -0.05) is 45.5 Å². The molecule has 2 heterocycles. The Labute approximate surface area is 135 Å². The maximum absolute atomic E-state index is 4.29. The fourth-order valence-electron chi connectivity index (χ4n) is 1.92. The summed E-state index contributed by atoms with van der Waals surface area (Å²) in [5.41, 5.74) is 2.04. The number of anilines is 1. The minimum atomic E-state index is 0.159. The number of hydrogen-bond donors (Lipinski definition) is 1. The first-order valence-corrected chi connectivity index (χ1v) is 8.10. The van der Waals surface area contributed by atoms with Gasteiger partial charge in [0, 0.05) is 10.7 Å². The van der Waals surface area contributed by atoms with Crippen LogP contribution in [0.3, 0.4) is 0 Å². The van der Waals surface area contributed by atoms with Gasteiger partial charge in [-0.2, -0.15) is 0 Å². The van der Waals surface area contributed by atoms with Crippen LogP contribution in [0.4, 0.5) is 5.13 Å². The fraction of sp³-hybridized carbons (Fsp3) is 0.133. The molecule has 21 heavy (non-hydrogen) atoms. The van der Waals surface area contributed by atoms with E-state index in [2.05, 4.69) is 55.5 Å². The number of rotatable bonds is 4. The van der Waals surface area contributed by atoms with Crippen LogP contribution in [0.2, 0.25) is 0 Å². The largest absolute Gasteiger partial charge is 0.354 e. The lowest BCUT2D eigenvalue weighted by molar-refractivity contribution is 0.873. The first-order valence-electron chi connectivity index (χ1n) is 6.49. The molecule has 0 aliphatic carbocycles. The third kappa shape index (κ3) is 3.46. The molecule has 2 aromatic heterocycles. The van der Waals surface area contributed by atoms with Gasteiger partial charge < -0.3 is 5.32 Å². The van der Waals surface area contributed by atoms with Crippen molar-refractivity contribution in [1.29, 1.82) is 0 Å². The summed E-state index contributed by atoms with van der Waals surface area (Å²) in [5.74, 6) is 0. The van der Waals surface area contributed by atoms with E-state index >= 15 is 0 Å². The first-order chi connectivity index (χ1) is 10.2. The van der Waals surface area contributed by atoms with Gasteiger partial charge in [-0.25, -0.2) is 0 Å². The van der Waals surface area contributed by atoms with Crippen molar-refractivity contribution in [3.63, 3.8) is 0 Å². The van der Waals surface area contributed by atoms with Crippen LogP contribution in [0.1, 0.15) is 18.5 Å². The number of hydrogen-bond acceptors (Lipinski definition) is 5. The molecule has 0 saturated heterocycles. The zero-order valence-electron chi connectivity index (χ0n) is 11.3. The average Bonchev–Trinajstić information content (AvgIpc) is 2.97. The summed E-state index contributed by atoms with van der Waals surface area (Å²) in [6.07, 6.45) is 1.76. The molecule has 0 aliphatic heterocycles. The van der Waals surface area contributed by atoms with Crippen LogP contribution in [0.15, 0.2) is 53.1 Å². The Bertz CT molecular complexity index is 729. The molecule has 0 saturated carbocycles. The van der Waals surface area contributed by atoms with Crippen LogP contribution in [-0.4, -0.2) is 15.2 Å². The van der Waals surface area contributed by atoms with Gasteiger partial charge in [0.2, 0.25) is 5.13 Å². The molecule has 3 rings (SSSR count).